The van der Waals surface area contributed by atoms with E-state index in [9.17, 15) is 13.2 Å². The molecule has 128 valence electrons. The van der Waals surface area contributed by atoms with Gasteiger partial charge in [0.05, 0.1) is 17.8 Å². The summed E-state index contributed by atoms with van der Waals surface area (Å²) < 4.78 is 34.2. The summed E-state index contributed by atoms with van der Waals surface area (Å²) in [6, 6.07) is 10.7. The van der Waals surface area contributed by atoms with Gasteiger partial charge in [-0.05, 0) is 24.6 Å². The molecule has 1 atom stereocenters. The van der Waals surface area contributed by atoms with Gasteiger partial charge in [-0.25, -0.2) is 8.42 Å². The van der Waals surface area contributed by atoms with E-state index < -0.39 is 9.84 Å². The maximum absolute atomic E-state index is 12.6. The maximum Gasteiger partial charge on any atom is 0.289 e. The van der Waals surface area contributed by atoms with Crippen molar-refractivity contribution in [2.24, 2.45) is 0 Å². The van der Waals surface area contributed by atoms with Crippen molar-refractivity contribution < 1.29 is 22.4 Å². The molecule has 1 aliphatic rings. The van der Waals surface area contributed by atoms with E-state index in [1.54, 1.807) is 13.1 Å². The number of sulfone groups is 1. The number of amides is 1. The zero-order chi connectivity index (χ0) is 17.2. The number of para-hydroxylation sites is 1. The minimum Gasteiger partial charge on any atom is -0.489 e. The standard InChI is InChI=1S/C17H19NO5S/c1-18(14-8-10-24(20,21)12-14)17(19)16-13(7-9-22-16)11-23-15-5-3-2-4-6-15/h2-7,9,14H,8,10-12H2,1H3/t14-/m1/s1. The number of ether oxygens (including phenoxy) is 1. The van der Waals surface area contributed by atoms with E-state index in [1.165, 1.54) is 11.2 Å². The van der Waals surface area contributed by atoms with Crippen LogP contribution in [0.5, 0.6) is 5.75 Å². The predicted molar refractivity (Wildman–Crippen MR) is 88.6 cm³/mol. The fourth-order valence-corrected chi connectivity index (χ4v) is 4.50. The molecule has 0 bridgehead atoms. The van der Waals surface area contributed by atoms with E-state index in [0.29, 0.717) is 17.7 Å². The highest BCUT2D eigenvalue weighted by molar-refractivity contribution is 7.91. The Morgan fingerprint density at radius 1 is 1.29 bits per heavy atom. The predicted octanol–water partition coefficient (Wildman–Crippen LogP) is 2.12. The zero-order valence-electron chi connectivity index (χ0n) is 13.3. The van der Waals surface area contributed by atoms with Gasteiger partial charge in [-0.3, -0.25) is 4.79 Å². The fraction of sp³-hybridized carbons (Fsp3) is 0.353. The second kappa shape index (κ2) is 6.68. The summed E-state index contributed by atoms with van der Waals surface area (Å²) >= 11 is 0. The Morgan fingerprint density at radius 2 is 2.04 bits per heavy atom. The van der Waals surface area contributed by atoms with Crippen molar-refractivity contribution in [1.29, 1.82) is 0 Å². The number of carbonyl (C=O) groups excluding carboxylic acids is 1. The van der Waals surface area contributed by atoms with Gasteiger partial charge in [0.25, 0.3) is 5.91 Å². The average molecular weight is 349 g/mol. The highest BCUT2D eigenvalue weighted by atomic mass is 32.2. The van der Waals surface area contributed by atoms with Crippen molar-refractivity contribution in [3.63, 3.8) is 0 Å². The second-order valence-corrected chi connectivity index (χ2v) is 8.08. The molecule has 3 rings (SSSR count). The fourth-order valence-electron chi connectivity index (χ4n) is 2.72. The minimum absolute atomic E-state index is 0.00575. The minimum atomic E-state index is -3.05. The van der Waals surface area contributed by atoms with E-state index in [1.807, 2.05) is 30.3 Å². The van der Waals surface area contributed by atoms with Crippen LogP contribution in [-0.2, 0) is 16.4 Å². The quantitative estimate of drug-likeness (QED) is 0.826. The largest absolute Gasteiger partial charge is 0.489 e. The van der Waals surface area contributed by atoms with E-state index in [4.69, 9.17) is 9.15 Å². The molecule has 0 unspecified atom stereocenters. The second-order valence-electron chi connectivity index (χ2n) is 5.85. The Hall–Kier alpha value is -2.28. The lowest BCUT2D eigenvalue weighted by Crippen LogP contribution is -2.38. The van der Waals surface area contributed by atoms with Crippen LogP contribution in [0.2, 0.25) is 0 Å². The molecule has 0 radical (unpaired) electrons. The molecule has 2 heterocycles. The van der Waals surface area contributed by atoms with Crippen LogP contribution in [0.1, 0.15) is 22.5 Å². The van der Waals surface area contributed by atoms with Crippen LogP contribution in [0.3, 0.4) is 0 Å². The molecule has 24 heavy (non-hydrogen) atoms. The molecule has 0 spiro atoms. The molecule has 0 N–H and O–H groups in total. The van der Waals surface area contributed by atoms with Gasteiger partial charge in [-0.15, -0.1) is 0 Å². The molecule has 1 fully saturated rings. The highest BCUT2D eigenvalue weighted by Crippen LogP contribution is 2.21. The van der Waals surface area contributed by atoms with Crippen LogP contribution in [0.4, 0.5) is 0 Å². The first-order chi connectivity index (χ1) is 11.5. The molecule has 1 aromatic heterocycles. The van der Waals surface area contributed by atoms with Crippen molar-refractivity contribution in [1.82, 2.24) is 4.90 Å². The number of furan rings is 1. The molecule has 6 nitrogen and oxygen atoms in total. The Kier molecular flexibility index (Phi) is 4.62. The first kappa shape index (κ1) is 16.6. The van der Waals surface area contributed by atoms with Crippen molar-refractivity contribution in [3.8, 4) is 5.75 Å². The average Bonchev–Trinajstić information content (AvgIpc) is 3.18. The van der Waals surface area contributed by atoms with Crippen molar-refractivity contribution in [2.45, 2.75) is 19.1 Å². The van der Waals surface area contributed by atoms with Gasteiger partial charge in [0, 0.05) is 18.7 Å². The van der Waals surface area contributed by atoms with Gasteiger partial charge in [-0.2, -0.15) is 0 Å². The van der Waals surface area contributed by atoms with E-state index in [0.717, 1.165) is 0 Å². The van der Waals surface area contributed by atoms with Gasteiger partial charge in [0.2, 0.25) is 0 Å². The van der Waals surface area contributed by atoms with Crippen LogP contribution >= 0.6 is 0 Å². The van der Waals surface area contributed by atoms with Gasteiger partial charge in [0.1, 0.15) is 12.4 Å². The molecule has 7 heteroatoms. The number of hydrogen-bond donors (Lipinski definition) is 0. The molecule has 1 amide bonds. The van der Waals surface area contributed by atoms with Gasteiger partial charge >= 0.3 is 0 Å². The molecule has 2 aromatic rings. The van der Waals surface area contributed by atoms with Gasteiger partial charge in [-0.1, -0.05) is 18.2 Å². The van der Waals surface area contributed by atoms with Gasteiger partial charge < -0.3 is 14.1 Å². The third-order valence-corrected chi connectivity index (χ3v) is 5.91. The van der Waals surface area contributed by atoms with Crippen molar-refractivity contribution >= 4 is 15.7 Å². The maximum atomic E-state index is 12.6. The van der Waals surface area contributed by atoms with Crippen LogP contribution in [0.15, 0.2) is 47.1 Å². The molecule has 1 aliphatic heterocycles. The van der Waals surface area contributed by atoms with E-state index >= 15 is 0 Å². The zero-order valence-corrected chi connectivity index (χ0v) is 14.2. The highest BCUT2D eigenvalue weighted by Gasteiger charge is 2.34. The van der Waals surface area contributed by atoms with Crippen LogP contribution in [-0.4, -0.2) is 43.8 Å². The Morgan fingerprint density at radius 3 is 2.71 bits per heavy atom. The lowest BCUT2D eigenvalue weighted by Gasteiger charge is -2.22. The lowest BCUT2D eigenvalue weighted by molar-refractivity contribution is 0.0712. The number of carbonyl (C=O) groups is 1. The van der Waals surface area contributed by atoms with Crippen molar-refractivity contribution in [2.75, 3.05) is 18.6 Å². The lowest BCUT2D eigenvalue weighted by atomic mass is 10.2. The number of benzene rings is 1. The van der Waals surface area contributed by atoms with Crippen LogP contribution < -0.4 is 4.74 Å². The Labute approximate surface area is 140 Å². The first-order valence-corrected chi connectivity index (χ1v) is 9.50. The number of hydrogen-bond acceptors (Lipinski definition) is 5. The van der Waals surface area contributed by atoms with Crippen LogP contribution in [0.25, 0.3) is 0 Å². The summed E-state index contributed by atoms with van der Waals surface area (Å²) in [6.45, 7) is 0.207. The first-order valence-electron chi connectivity index (χ1n) is 7.68. The summed E-state index contributed by atoms with van der Waals surface area (Å²) in [6.07, 6.45) is 1.90. The van der Waals surface area contributed by atoms with Crippen molar-refractivity contribution in [3.05, 3.63) is 54.0 Å². The molecule has 1 saturated heterocycles. The summed E-state index contributed by atoms with van der Waals surface area (Å²) in [5.41, 5.74) is 0.636. The van der Waals surface area contributed by atoms with E-state index in [2.05, 4.69) is 0 Å². The smallest absolute Gasteiger partial charge is 0.289 e. The monoisotopic (exact) mass is 349 g/mol. The Bertz CT molecular complexity index is 813. The summed E-state index contributed by atoms with van der Waals surface area (Å²) in [5, 5.41) is 0. The summed E-state index contributed by atoms with van der Waals surface area (Å²) in [7, 11) is -1.44. The molecule has 0 saturated carbocycles. The normalized spacial score (nSPS) is 19.1. The summed E-state index contributed by atoms with van der Waals surface area (Å²) in [5.74, 6) is 0.697. The topological polar surface area (TPSA) is 76.8 Å². The SMILES string of the molecule is CN(C(=O)c1occc1COc1ccccc1)[C@@H]1CCS(=O)(=O)C1. The summed E-state index contributed by atoms with van der Waals surface area (Å²) in [4.78, 5) is 14.1. The molecule has 1 aromatic carbocycles. The third-order valence-electron chi connectivity index (χ3n) is 4.16. The van der Waals surface area contributed by atoms with Crippen LogP contribution in [0, 0.1) is 0 Å². The molecule has 0 aliphatic carbocycles. The molecular formula is C17H19NO5S. The number of nitrogens with zero attached hydrogens (tertiary/aromatic N) is 1. The van der Waals surface area contributed by atoms with Gasteiger partial charge in [0.15, 0.2) is 15.6 Å². The molecular weight excluding hydrogens is 330 g/mol. The van der Waals surface area contributed by atoms with E-state index in [-0.39, 0.29) is 35.8 Å². The third kappa shape index (κ3) is 3.62. The number of rotatable bonds is 5. The Balaban J connectivity index is 1.69.